The first-order valence-electron chi connectivity index (χ1n) is 27.8. The third kappa shape index (κ3) is 15.6. The Kier molecular flexibility index (Phi) is 20.2. The number of carbonyl (C=O) groups is 6. The van der Waals surface area contributed by atoms with Crippen molar-refractivity contribution in [3.05, 3.63) is 150 Å². The van der Waals surface area contributed by atoms with Gasteiger partial charge in [-0.05, 0) is 187 Å². The normalized spacial score (nSPS) is 15.9. The molecule has 83 heavy (non-hydrogen) atoms. The van der Waals surface area contributed by atoms with Gasteiger partial charge in [-0.15, -0.1) is 22.7 Å². The van der Waals surface area contributed by atoms with Crippen LogP contribution in [-0.2, 0) is 64.5 Å². The summed E-state index contributed by atoms with van der Waals surface area (Å²) >= 11 is 14.1. The number of hydrogen-bond donors (Lipinski definition) is 2. The van der Waals surface area contributed by atoms with E-state index in [1.807, 2.05) is 24.3 Å². The summed E-state index contributed by atoms with van der Waals surface area (Å²) in [5, 5.41) is 7.55. The highest BCUT2D eigenvalue weighted by Crippen LogP contribution is 2.34. The molecule has 0 unspecified atom stereocenters. The summed E-state index contributed by atoms with van der Waals surface area (Å²) in [5.41, 5.74) is 6.16. The van der Waals surface area contributed by atoms with Gasteiger partial charge in [0.05, 0.1) is 34.3 Å². The van der Waals surface area contributed by atoms with Crippen LogP contribution in [0.15, 0.2) is 105 Å². The van der Waals surface area contributed by atoms with Gasteiger partial charge >= 0.3 is 0 Å². The highest BCUT2D eigenvalue weighted by atomic mass is 35.5. The lowest BCUT2D eigenvalue weighted by Crippen LogP contribution is -2.42. The number of ketones is 2. The third-order valence-corrected chi connectivity index (χ3v) is 22.6. The van der Waals surface area contributed by atoms with E-state index in [9.17, 15) is 45.6 Å². The van der Waals surface area contributed by atoms with Crippen LogP contribution in [0.5, 0.6) is 0 Å². The Balaban J connectivity index is 0.000000200. The largest absolute Gasteiger partial charge is 0.385 e. The molecule has 16 nitrogen and oxygen atoms in total. The van der Waals surface area contributed by atoms with Gasteiger partial charge in [-0.3, -0.25) is 28.8 Å². The number of amides is 4. The molecule has 438 valence electrons. The highest BCUT2D eigenvalue weighted by molar-refractivity contribution is 7.94. The van der Waals surface area contributed by atoms with Gasteiger partial charge in [0.1, 0.15) is 19.9 Å². The Hall–Kier alpha value is -6.10. The van der Waals surface area contributed by atoms with Crippen LogP contribution in [0.2, 0.25) is 10.0 Å². The summed E-state index contributed by atoms with van der Waals surface area (Å²) in [6.45, 7) is 11.9. The molecule has 10 rings (SSSR count). The zero-order valence-corrected chi connectivity index (χ0v) is 51.1. The lowest BCUT2D eigenvalue weighted by Gasteiger charge is -2.27. The van der Waals surface area contributed by atoms with E-state index >= 15 is 0 Å². The van der Waals surface area contributed by atoms with E-state index < -0.39 is 54.6 Å². The molecule has 4 aliphatic heterocycles. The van der Waals surface area contributed by atoms with Crippen molar-refractivity contribution in [2.24, 2.45) is 0 Å². The lowest BCUT2D eigenvalue weighted by atomic mass is 9.97. The Morgan fingerprint density at radius 2 is 0.892 bits per heavy atom. The zero-order valence-electron chi connectivity index (χ0n) is 46.3. The molecular weight excluding hydrogens is 1180 g/mol. The number of thiophene rings is 2. The summed E-state index contributed by atoms with van der Waals surface area (Å²) in [7, 11) is -7.57. The van der Waals surface area contributed by atoms with E-state index in [0.29, 0.717) is 64.6 Å². The fourth-order valence-corrected chi connectivity index (χ4v) is 16.7. The second kappa shape index (κ2) is 27.3. The van der Waals surface area contributed by atoms with Gasteiger partial charge in [0.2, 0.25) is 11.8 Å². The minimum atomic E-state index is -3.78. The fraction of sp³-hybridized carbons (Fsp3) is 0.377. The number of piperidine rings is 1. The second-order valence-corrected chi connectivity index (χ2v) is 29.2. The van der Waals surface area contributed by atoms with Gasteiger partial charge in [-0.2, -0.15) is 0 Å². The van der Waals surface area contributed by atoms with Crippen LogP contribution in [-0.4, -0.2) is 126 Å². The number of aryl methyl sites for hydroxylation is 2. The smallest absolute Gasteiger partial charge is 0.265 e. The van der Waals surface area contributed by atoms with Crippen LogP contribution in [0.1, 0.15) is 97.7 Å². The van der Waals surface area contributed by atoms with Crippen molar-refractivity contribution in [2.75, 3.05) is 84.3 Å². The van der Waals surface area contributed by atoms with Crippen LogP contribution in [0, 0.1) is 13.8 Å². The summed E-state index contributed by atoms with van der Waals surface area (Å²) in [5.74, 6) is -3.60. The van der Waals surface area contributed by atoms with Crippen molar-refractivity contribution in [3.8, 4) is 0 Å². The molecule has 0 saturated carbocycles. The number of anilines is 4. The van der Waals surface area contributed by atoms with Crippen molar-refractivity contribution in [3.63, 3.8) is 0 Å². The number of fused-ring (bicyclic) bond motifs is 2. The standard InChI is InChI=1S/C31H34ClN3O5S2.C30H32ClN3O5S2/c1-21-28(32)19-30(41-21)42(39,40)20-26(36)16-22-6-9-25(10-7-22)35-29(37)18-23-17-24(8-11-27(23)31(35)38)33-12-5-15-34-13-3-2-4-14-34;1-20-27(31)18-29(40-20)41(38,39)19-25(35)15-21-5-8-24(9-6-21)34-28(36)17-22-16-23(7-10-26(22)30(34)37)32-11-4-14-33-12-2-3-13-33/h6-11,17,19,33H,2-5,12-16,18,20H2,1H3;5-10,16,18,32H,2-4,11-15,17,19H2,1H3. The van der Waals surface area contributed by atoms with Crippen LogP contribution >= 0.6 is 45.9 Å². The molecule has 0 atom stereocenters. The average molecular weight is 1240 g/mol. The summed E-state index contributed by atoms with van der Waals surface area (Å²) in [6.07, 6.45) is 8.54. The van der Waals surface area contributed by atoms with Crippen LogP contribution in [0.3, 0.4) is 0 Å². The molecule has 2 N–H and O–H groups in total. The van der Waals surface area contributed by atoms with Gasteiger partial charge in [0.25, 0.3) is 11.8 Å². The number of carbonyl (C=O) groups excluding carboxylic acids is 6. The summed E-state index contributed by atoms with van der Waals surface area (Å²) < 4.78 is 50.6. The number of sulfone groups is 2. The number of halogens is 2. The zero-order chi connectivity index (χ0) is 59.0. The minimum absolute atomic E-state index is 0.0755. The first-order valence-corrected chi connectivity index (χ1v) is 33.5. The first-order chi connectivity index (χ1) is 39.7. The SMILES string of the molecule is Cc1sc(S(=O)(=O)CC(=O)Cc2ccc(N3C(=O)Cc4cc(NCCCN5CCCC5)ccc4C3=O)cc2)cc1Cl.Cc1sc(S(=O)(=O)CC(=O)Cc2ccc(N3C(=O)Cc4cc(NCCCN5CCCCC5)ccc4C3=O)cc2)cc1Cl. The van der Waals surface area contributed by atoms with E-state index in [1.54, 1.807) is 74.5 Å². The Morgan fingerprint density at radius 3 is 1.25 bits per heavy atom. The predicted octanol–water partition coefficient (Wildman–Crippen LogP) is 10.2. The molecular formula is C61H66Cl2N6O10S4. The summed E-state index contributed by atoms with van der Waals surface area (Å²) in [6, 6.07) is 26.8. The number of nitrogens with one attached hydrogen (secondary N) is 2. The maximum atomic E-state index is 13.3. The van der Waals surface area contributed by atoms with Crippen molar-refractivity contribution < 1.29 is 45.6 Å². The van der Waals surface area contributed by atoms with Crippen molar-refractivity contribution in [2.45, 2.75) is 92.9 Å². The van der Waals surface area contributed by atoms with E-state index in [4.69, 9.17) is 23.2 Å². The van der Waals surface area contributed by atoms with Crippen molar-refractivity contribution in [1.29, 1.82) is 0 Å². The van der Waals surface area contributed by atoms with Crippen molar-refractivity contribution >= 4 is 123 Å². The molecule has 0 spiro atoms. The number of nitrogens with zero attached hydrogens (tertiary/aromatic N) is 4. The maximum Gasteiger partial charge on any atom is 0.265 e. The maximum absolute atomic E-state index is 13.3. The van der Waals surface area contributed by atoms with Gasteiger partial charge in [-0.1, -0.05) is 53.9 Å². The van der Waals surface area contributed by atoms with Gasteiger partial charge in [0.15, 0.2) is 31.2 Å². The van der Waals surface area contributed by atoms with Crippen molar-refractivity contribution in [1.82, 2.24) is 9.80 Å². The van der Waals surface area contributed by atoms with E-state index in [-0.39, 0.29) is 45.9 Å². The second-order valence-electron chi connectivity index (χ2n) is 21.4. The Labute approximate surface area is 503 Å². The quantitative estimate of drug-likeness (QED) is 0.0479. The third-order valence-electron chi connectivity index (χ3n) is 15.0. The highest BCUT2D eigenvalue weighted by Gasteiger charge is 2.34. The first kappa shape index (κ1) is 61.5. The molecule has 2 aromatic heterocycles. The fourth-order valence-electron chi connectivity index (χ4n) is 10.7. The minimum Gasteiger partial charge on any atom is -0.385 e. The molecule has 4 amide bonds. The molecule has 0 aliphatic carbocycles. The van der Waals surface area contributed by atoms with E-state index in [0.717, 1.165) is 82.9 Å². The lowest BCUT2D eigenvalue weighted by molar-refractivity contribution is -0.118. The summed E-state index contributed by atoms with van der Waals surface area (Å²) in [4.78, 5) is 86.4. The molecule has 0 bridgehead atoms. The molecule has 4 aromatic carbocycles. The number of likely N-dealkylation sites (tertiary alicyclic amines) is 2. The number of Topliss-reactive ketones (excluding diaryl/α,β-unsaturated/α-hetero) is 2. The predicted molar refractivity (Wildman–Crippen MR) is 329 cm³/mol. The van der Waals surface area contributed by atoms with E-state index in [2.05, 4.69) is 20.4 Å². The molecule has 6 heterocycles. The van der Waals surface area contributed by atoms with Gasteiger partial charge in [-0.25, -0.2) is 26.6 Å². The topological polar surface area (TPSA) is 208 Å². The number of imide groups is 2. The van der Waals surface area contributed by atoms with Gasteiger partial charge < -0.3 is 20.4 Å². The molecule has 2 saturated heterocycles. The number of hydrogen-bond acceptors (Lipinski definition) is 16. The Morgan fingerprint density at radius 1 is 0.518 bits per heavy atom. The monoisotopic (exact) mass is 1240 g/mol. The molecule has 4 aliphatic rings. The molecule has 2 fully saturated rings. The van der Waals surface area contributed by atoms with Gasteiger partial charge in [0, 0.05) is 58.2 Å². The molecule has 0 radical (unpaired) electrons. The van der Waals surface area contributed by atoms with Crippen LogP contribution < -0.4 is 20.4 Å². The molecule has 22 heteroatoms. The average Bonchev–Trinajstić information content (AvgIpc) is 4.11. The Bertz CT molecular complexity index is 3610. The van der Waals surface area contributed by atoms with E-state index in [1.165, 1.54) is 70.4 Å². The van der Waals surface area contributed by atoms with Crippen LogP contribution in [0.4, 0.5) is 22.7 Å². The van der Waals surface area contributed by atoms with Crippen LogP contribution in [0.25, 0.3) is 0 Å². The number of rotatable bonds is 22. The number of benzene rings is 4. The molecule has 6 aromatic rings.